The topological polar surface area (TPSA) is 118 Å². The largest absolute Gasteiger partial charge is 0.451 e. The molecule has 28 heavy (non-hydrogen) atoms. The van der Waals surface area contributed by atoms with Gasteiger partial charge in [0.15, 0.2) is 6.61 Å². The van der Waals surface area contributed by atoms with Gasteiger partial charge in [-0.2, -0.15) is 16.3 Å². The van der Waals surface area contributed by atoms with Gasteiger partial charge < -0.3 is 10.1 Å². The van der Waals surface area contributed by atoms with E-state index in [0.717, 1.165) is 5.56 Å². The number of aromatic nitrogens is 1. The van der Waals surface area contributed by atoms with Gasteiger partial charge in [-0.25, -0.2) is 14.6 Å². The van der Waals surface area contributed by atoms with Crippen LogP contribution in [0.3, 0.4) is 0 Å². The van der Waals surface area contributed by atoms with Gasteiger partial charge >= 0.3 is 12.0 Å². The highest BCUT2D eigenvalue weighted by Crippen LogP contribution is 2.29. The fraction of sp³-hybridized carbons (Fsp3) is 0.353. The Labute approximate surface area is 168 Å². The van der Waals surface area contributed by atoms with Crippen LogP contribution in [-0.4, -0.2) is 46.0 Å². The minimum absolute atomic E-state index is 0.294. The second-order valence-corrected chi connectivity index (χ2v) is 8.09. The molecule has 1 atom stereocenters. The van der Waals surface area contributed by atoms with Crippen LogP contribution in [0.4, 0.5) is 4.79 Å². The molecule has 1 fully saturated rings. The summed E-state index contributed by atoms with van der Waals surface area (Å²) in [6.45, 7) is 4.36. The molecule has 1 unspecified atom stereocenters. The summed E-state index contributed by atoms with van der Waals surface area (Å²) in [7, 11) is 0. The van der Waals surface area contributed by atoms with Crippen LogP contribution in [0.15, 0.2) is 16.8 Å². The van der Waals surface area contributed by atoms with E-state index >= 15 is 0 Å². The Bertz CT molecular complexity index is 940. The molecule has 148 valence electrons. The van der Waals surface area contributed by atoms with Gasteiger partial charge in [0.05, 0.1) is 5.69 Å². The lowest BCUT2D eigenvalue weighted by molar-refractivity contribution is -0.139. The minimum atomic E-state index is -1.07. The van der Waals surface area contributed by atoms with Crippen LogP contribution < -0.4 is 10.7 Å². The summed E-state index contributed by atoms with van der Waals surface area (Å²) in [4.78, 5) is 53.1. The van der Waals surface area contributed by atoms with Crippen LogP contribution >= 0.6 is 22.7 Å². The third kappa shape index (κ3) is 3.76. The van der Waals surface area contributed by atoms with E-state index in [1.54, 1.807) is 20.8 Å². The van der Waals surface area contributed by atoms with Crippen molar-refractivity contribution in [3.05, 3.63) is 27.4 Å². The smallest absolute Gasteiger partial charge is 0.350 e. The lowest BCUT2D eigenvalue weighted by Crippen LogP contribution is -2.49. The van der Waals surface area contributed by atoms with Crippen molar-refractivity contribution in [3.63, 3.8) is 0 Å². The van der Waals surface area contributed by atoms with Gasteiger partial charge in [-0.3, -0.25) is 15.0 Å². The maximum Gasteiger partial charge on any atom is 0.350 e. The number of carbonyl (C=O) groups excluding carboxylic acids is 4. The Morgan fingerprint density at radius 3 is 2.75 bits per heavy atom. The molecular formula is C17H18N4O5S2. The lowest BCUT2D eigenvalue weighted by atomic mass is 10.00. The number of carbonyl (C=O) groups is 4. The van der Waals surface area contributed by atoms with Gasteiger partial charge in [-0.05, 0) is 31.7 Å². The molecule has 2 N–H and O–H groups in total. The number of hydrazine groups is 1. The van der Waals surface area contributed by atoms with E-state index in [2.05, 4.69) is 15.7 Å². The Morgan fingerprint density at radius 1 is 1.39 bits per heavy atom. The number of hydrogen-bond donors (Lipinski definition) is 2. The highest BCUT2D eigenvalue weighted by Gasteiger charge is 2.47. The second kappa shape index (κ2) is 7.68. The van der Waals surface area contributed by atoms with Gasteiger partial charge in [0.1, 0.15) is 15.4 Å². The van der Waals surface area contributed by atoms with Crippen LogP contribution in [0.5, 0.6) is 0 Å². The van der Waals surface area contributed by atoms with Crippen molar-refractivity contribution in [2.45, 2.75) is 32.7 Å². The third-order valence-corrected chi connectivity index (χ3v) is 6.16. The Hall–Kier alpha value is -2.79. The number of aryl methyl sites for hydroxylation is 1. The van der Waals surface area contributed by atoms with Crippen molar-refractivity contribution in [2.75, 3.05) is 6.61 Å². The normalized spacial score (nSPS) is 18.9. The van der Waals surface area contributed by atoms with E-state index < -0.39 is 36.0 Å². The average molecular weight is 422 g/mol. The van der Waals surface area contributed by atoms with Gasteiger partial charge in [0.25, 0.3) is 11.8 Å². The number of nitrogens with one attached hydrogen (secondary N) is 2. The molecule has 0 aliphatic carbocycles. The fourth-order valence-electron chi connectivity index (χ4n) is 2.47. The summed E-state index contributed by atoms with van der Waals surface area (Å²) < 4.78 is 5.01. The molecule has 11 heteroatoms. The maximum absolute atomic E-state index is 12.3. The van der Waals surface area contributed by atoms with Crippen molar-refractivity contribution in [3.8, 4) is 10.6 Å². The molecule has 1 aliphatic heterocycles. The zero-order valence-electron chi connectivity index (χ0n) is 15.4. The highest BCUT2D eigenvalue weighted by molar-refractivity contribution is 7.17. The van der Waals surface area contributed by atoms with E-state index in [4.69, 9.17) is 4.74 Å². The molecule has 1 saturated heterocycles. The molecule has 0 radical (unpaired) electrons. The molecule has 1 aliphatic rings. The standard InChI is InChI=1S/C17H18N4O5S2/c1-4-17(3)15(24)21(16(25)19-17)20-11(22)7-26-14(23)12-9(2)18-13(28-12)10-5-6-27-8-10/h5-6,8H,4,7H2,1-3H3,(H,19,25)(H,20,22). The van der Waals surface area contributed by atoms with Gasteiger partial charge in [-0.15, -0.1) is 11.3 Å². The summed E-state index contributed by atoms with van der Waals surface area (Å²) in [5, 5.41) is 7.63. The summed E-state index contributed by atoms with van der Waals surface area (Å²) in [5.41, 5.74) is 2.50. The van der Waals surface area contributed by atoms with Crippen molar-refractivity contribution >= 4 is 46.5 Å². The van der Waals surface area contributed by atoms with Crippen LogP contribution in [0.25, 0.3) is 10.6 Å². The predicted octanol–water partition coefficient (Wildman–Crippen LogP) is 2.09. The van der Waals surface area contributed by atoms with Crippen LogP contribution in [0.1, 0.15) is 35.6 Å². The third-order valence-electron chi connectivity index (χ3n) is 4.29. The maximum atomic E-state index is 12.3. The summed E-state index contributed by atoms with van der Waals surface area (Å²) in [6, 6.07) is 1.17. The van der Waals surface area contributed by atoms with Gasteiger partial charge in [0, 0.05) is 10.9 Å². The Morgan fingerprint density at radius 2 is 2.14 bits per heavy atom. The first-order valence-electron chi connectivity index (χ1n) is 8.38. The van der Waals surface area contributed by atoms with E-state index in [9.17, 15) is 19.2 Å². The quantitative estimate of drug-likeness (QED) is 0.544. The zero-order chi connectivity index (χ0) is 20.5. The number of rotatable bonds is 6. The first-order valence-corrected chi connectivity index (χ1v) is 10.1. The molecule has 0 spiro atoms. The molecule has 2 aromatic heterocycles. The fourth-order valence-corrected chi connectivity index (χ4v) is 4.15. The number of thiazole rings is 1. The number of thiophene rings is 1. The monoisotopic (exact) mass is 422 g/mol. The Kier molecular flexibility index (Phi) is 5.47. The van der Waals surface area contributed by atoms with E-state index in [1.165, 1.54) is 22.7 Å². The molecular weight excluding hydrogens is 404 g/mol. The van der Waals surface area contributed by atoms with Crippen LogP contribution in [0, 0.1) is 6.92 Å². The average Bonchev–Trinajstić information content (AvgIpc) is 3.36. The number of hydrogen-bond acceptors (Lipinski definition) is 8. The van der Waals surface area contributed by atoms with Gasteiger partial charge in [-0.1, -0.05) is 6.92 Å². The first kappa shape index (κ1) is 20.0. The number of nitrogens with zero attached hydrogens (tertiary/aromatic N) is 2. The van der Waals surface area contributed by atoms with Crippen LogP contribution in [0.2, 0.25) is 0 Å². The number of esters is 1. The molecule has 3 heterocycles. The first-order chi connectivity index (χ1) is 13.2. The molecule has 2 aromatic rings. The molecule has 0 bridgehead atoms. The van der Waals surface area contributed by atoms with Crippen molar-refractivity contribution in [2.24, 2.45) is 0 Å². The molecule has 0 aromatic carbocycles. The van der Waals surface area contributed by atoms with E-state index in [1.807, 2.05) is 16.8 Å². The summed E-state index contributed by atoms with van der Waals surface area (Å²) in [5.74, 6) is -2.06. The lowest BCUT2D eigenvalue weighted by Gasteiger charge is -2.19. The van der Waals surface area contributed by atoms with E-state index in [0.29, 0.717) is 27.0 Å². The van der Waals surface area contributed by atoms with Crippen LogP contribution in [-0.2, 0) is 14.3 Å². The molecule has 9 nitrogen and oxygen atoms in total. The summed E-state index contributed by atoms with van der Waals surface area (Å²) in [6.07, 6.45) is 0.371. The van der Waals surface area contributed by atoms with E-state index in [-0.39, 0.29) is 0 Å². The minimum Gasteiger partial charge on any atom is -0.451 e. The van der Waals surface area contributed by atoms with Crippen molar-refractivity contribution in [1.82, 2.24) is 20.7 Å². The molecule has 0 saturated carbocycles. The number of amides is 4. The number of ether oxygens (including phenoxy) is 1. The number of imide groups is 1. The SMILES string of the molecule is CCC1(C)NC(=O)N(NC(=O)COC(=O)c2sc(-c3ccsc3)nc2C)C1=O. The zero-order valence-corrected chi connectivity index (χ0v) is 17.0. The van der Waals surface area contributed by atoms with Gasteiger partial charge in [0.2, 0.25) is 0 Å². The predicted molar refractivity (Wildman–Crippen MR) is 103 cm³/mol. The van der Waals surface area contributed by atoms with Crippen molar-refractivity contribution < 1.29 is 23.9 Å². The molecule has 4 amide bonds. The molecule has 3 rings (SSSR count). The number of urea groups is 1. The highest BCUT2D eigenvalue weighted by atomic mass is 32.1. The summed E-state index contributed by atoms with van der Waals surface area (Å²) >= 11 is 2.70. The van der Waals surface area contributed by atoms with Crippen molar-refractivity contribution in [1.29, 1.82) is 0 Å². The Balaban J connectivity index is 1.59. The second-order valence-electron chi connectivity index (χ2n) is 6.31.